The van der Waals surface area contributed by atoms with Crippen molar-refractivity contribution in [2.24, 2.45) is 5.92 Å². The molecule has 8 heteroatoms. The summed E-state index contributed by atoms with van der Waals surface area (Å²) in [7, 11) is -2.08. The Kier molecular flexibility index (Phi) is 5.47. The average molecular weight is 471 g/mol. The molecule has 0 saturated carbocycles. The third-order valence-corrected chi connectivity index (χ3v) is 8.74. The van der Waals surface area contributed by atoms with Gasteiger partial charge in [0.1, 0.15) is 11.6 Å². The number of hydrogen-bond acceptors (Lipinski definition) is 4. The van der Waals surface area contributed by atoms with Crippen molar-refractivity contribution in [2.45, 2.75) is 23.4 Å². The van der Waals surface area contributed by atoms with E-state index < -0.39 is 21.9 Å². The summed E-state index contributed by atoms with van der Waals surface area (Å²) in [4.78, 5) is 1.90. The molecule has 2 heterocycles. The van der Waals surface area contributed by atoms with Crippen LogP contribution >= 0.6 is 0 Å². The maximum absolute atomic E-state index is 13.9. The van der Waals surface area contributed by atoms with Crippen molar-refractivity contribution in [3.05, 3.63) is 83.9 Å². The molecule has 1 N–H and O–H groups in total. The van der Waals surface area contributed by atoms with E-state index in [2.05, 4.69) is 0 Å². The molecule has 3 aromatic carbocycles. The van der Waals surface area contributed by atoms with Crippen LogP contribution in [0.1, 0.15) is 18.0 Å². The van der Waals surface area contributed by atoms with Gasteiger partial charge in [0.25, 0.3) is 0 Å². The maximum atomic E-state index is 13.9. The van der Waals surface area contributed by atoms with Crippen LogP contribution in [0.2, 0.25) is 0 Å². The highest BCUT2D eigenvalue weighted by Gasteiger charge is 2.50. The highest BCUT2D eigenvalue weighted by Crippen LogP contribution is 2.51. The Bertz CT molecular complexity index is 1310. The number of rotatable bonds is 4. The van der Waals surface area contributed by atoms with E-state index in [1.807, 2.05) is 30.1 Å². The van der Waals surface area contributed by atoms with Gasteiger partial charge in [-0.1, -0.05) is 24.3 Å². The largest absolute Gasteiger partial charge is 0.394 e. The summed E-state index contributed by atoms with van der Waals surface area (Å²) in [5.41, 5.74) is 3.08. The van der Waals surface area contributed by atoms with Gasteiger partial charge in [0, 0.05) is 25.2 Å². The van der Waals surface area contributed by atoms with Gasteiger partial charge in [0.2, 0.25) is 10.0 Å². The highest BCUT2D eigenvalue weighted by molar-refractivity contribution is 7.89. The molecular formula is C25H24F2N2O3S. The molecule has 2 aliphatic rings. The van der Waals surface area contributed by atoms with Gasteiger partial charge in [0.15, 0.2) is 0 Å². The molecule has 172 valence electrons. The summed E-state index contributed by atoms with van der Waals surface area (Å²) >= 11 is 0. The third kappa shape index (κ3) is 3.62. The zero-order valence-electron chi connectivity index (χ0n) is 18.0. The third-order valence-electron chi connectivity index (χ3n) is 6.86. The number of anilines is 1. The van der Waals surface area contributed by atoms with Crippen molar-refractivity contribution in [1.29, 1.82) is 0 Å². The molecule has 1 saturated heterocycles. The summed E-state index contributed by atoms with van der Waals surface area (Å²) in [6.07, 6.45) is 0.568. The van der Waals surface area contributed by atoms with Crippen LogP contribution in [0.3, 0.4) is 0 Å². The van der Waals surface area contributed by atoms with Crippen LogP contribution in [0.15, 0.2) is 71.6 Å². The lowest BCUT2D eigenvalue weighted by atomic mass is 9.81. The number of fused-ring (bicyclic) bond motifs is 3. The topological polar surface area (TPSA) is 60.9 Å². The van der Waals surface area contributed by atoms with E-state index in [0.717, 1.165) is 22.9 Å². The molecule has 5 nitrogen and oxygen atoms in total. The Morgan fingerprint density at radius 2 is 1.67 bits per heavy atom. The molecule has 0 spiro atoms. The smallest absolute Gasteiger partial charge is 0.243 e. The van der Waals surface area contributed by atoms with Crippen LogP contribution in [0.4, 0.5) is 14.5 Å². The van der Waals surface area contributed by atoms with Crippen LogP contribution in [0, 0.1) is 17.6 Å². The van der Waals surface area contributed by atoms with Crippen LogP contribution in [-0.2, 0) is 10.0 Å². The van der Waals surface area contributed by atoms with E-state index in [9.17, 15) is 22.3 Å². The van der Waals surface area contributed by atoms with Gasteiger partial charge in [-0.05, 0) is 65.6 Å². The summed E-state index contributed by atoms with van der Waals surface area (Å²) in [5.74, 6) is -1.10. The predicted molar refractivity (Wildman–Crippen MR) is 122 cm³/mol. The first-order chi connectivity index (χ1) is 15.8. The maximum Gasteiger partial charge on any atom is 0.243 e. The molecule has 0 radical (unpaired) electrons. The minimum absolute atomic E-state index is 0.0922. The second-order valence-electron chi connectivity index (χ2n) is 8.62. The van der Waals surface area contributed by atoms with Crippen molar-refractivity contribution in [3.8, 4) is 11.1 Å². The molecule has 33 heavy (non-hydrogen) atoms. The molecule has 0 bridgehead atoms. The summed E-state index contributed by atoms with van der Waals surface area (Å²) in [6.45, 7) is 0.152. The average Bonchev–Trinajstić information content (AvgIpc) is 3.25. The first-order valence-corrected chi connectivity index (χ1v) is 12.3. The monoisotopic (exact) mass is 470 g/mol. The van der Waals surface area contributed by atoms with Crippen LogP contribution in [0.5, 0.6) is 0 Å². The first kappa shape index (κ1) is 22.0. The van der Waals surface area contributed by atoms with Crippen LogP contribution < -0.4 is 4.90 Å². The lowest BCUT2D eigenvalue weighted by Crippen LogP contribution is -2.48. The van der Waals surface area contributed by atoms with Gasteiger partial charge in [-0.25, -0.2) is 17.2 Å². The number of nitrogens with zero attached hydrogens (tertiary/aromatic N) is 2. The molecule has 0 unspecified atom stereocenters. The SMILES string of the molecule is CN1c2ccc(-c3cccc(F)c3)cc2[C@@H]2[C@@H](CCN2S(=O)(=O)c2cccc(F)c2)[C@@H]1CO. The Balaban J connectivity index is 1.65. The molecule has 3 aromatic rings. The van der Waals surface area contributed by atoms with E-state index in [0.29, 0.717) is 12.0 Å². The van der Waals surface area contributed by atoms with Crippen molar-refractivity contribution in [1.82, 2.24) is 4.31 Å². The first-order valence-electron chi connectivity index (χ1n) is 10.8. The lowest BCUT2D eigenvalue weighted by molar-refractivity contribution is 0.193. The zero-order valence-corrected chi connectivity index (χ0v) is 18.8. The van der Waals surface area contributed by atoms with Crippen molar-refractivity contribution in [3.63, 3.8) is 0 Å². The minimum Gasteiger partial charge on any atom is -0.394 e. The summed E-state index contributed by atoms with van der Waals surface area (Å²) in [5, 5.41) is 10.1. The van der Waals surface area contributed by atoms with E-state index in [-0.39, 0.29) is 35.8 Å². The number of hydrogen-bond donors (Lipinski definition) is 1. The van der Waals surface area contributed by atoms with E-state index >= 15 is 0 Å². The predicted octanol–water partition coefficient (Wildman–Crippen LogP) is 4.19. The summed E-state index contributed by atoms with van der Waals surface area (Å²) < 4.78 is 56.2. The van der Waals surface area contributed by atoms with Gasteiger partial charge >= 0.3 is 0 Å². The number of aliphatic hydroxyl groups is 1. The molecule has 5 rings (SSSR count). The van der Waals surface area contributed by atoms with Gasteiger partial charge in [-0.2, -0.15) is 4.31 Å². The normalized spacial score (nSPS) is 22.8. The Morgan fingerprint density at radius 1 is 0.970 bits per heavy atom. The zero-order chi connectivity index (χ0) is 23.3. The molecule has 1 fully saturated rings. The van der Waals surface area contributed by atoms with E-state index in [1.54, 1.807) is 12.1 Å². The van der Waals surface area contributed by atoms with Crippen LogP contribution in [0.25, 0.3) is 11.1 Å². The Morgan fingerprint density at radius 3 is 2.36 bits per heavy atom. The molecule has 0 aliphatic carbocycles. The molecule has 2 aliphatic heterocycles. The summed E-state index contributed by atoms with van der Waals surface area (Å²) in [6, 6.07) is 16.2. The van der Waals surface area contributed by atoms with E-state index in [4.69, 9.17) is 0 Å². The molecule has 0 amide bonds. The lowest BCUT2D eigenvalue weighted by Gasteiger charge is -2.44. The van der Waals surface area contributed by atoms with Gasteiger partial charge in [-0.3, -0.25) is 0 Å². The second-order valence-corrected chi connectivity index (χ2v) is 10.5. The van der Waals surface area contributed by atoms with E-state index in [1.165, 1.54) is 34.6 Å². The number of sulfonamides is 1. The molecule has 0 aromatic heterocycles. The Labute approximate surface area is 191 Å². The minimum atomic E-state index is -3.97. The van der Waals surface area contributed by atoms with Gasteiger partial charge in [0.05, 0.1) is 23.6 Å². The number of likely N-dealkylation sites (N-methyl/N-ethyl adjacent to an activating group) is 1. The van der Waals surface area contributed by atoms with Gasteiger partial charge < -0.3 is 10.0 Å². The fourth-order valence-electron chi connectivity index (χ4n) is 5.29. The fraction of sp³-hybridized carbons (Fsp3) is 0.280. The quantitative estimate of drug-likeness (QED) is 0.621. The van der Waals surface area contributed by atoms with Gasteiger partial charge in [-0.15, -0.1) is 0 Å². The standard InChI is InChI=1S/C25H24F2N2O3S/c1-28-23-9-8-17(16-4-2-5-18(26)12-16)13-22(23)25-21(24(28)15-30)10-11-29(25)33(31,32)20-7-3-6-19(27)14-20/h2-9,12-14,21,24-25,30H,10-11,15H2,1H3/t21-,24-,25-/m0/s1. The number of benzene rings is 3. The number of aliphatic hydroxyl groups excluding tert-OH is 1. The molecule has 3 atom stereocenters. The number of halogens is 2. The van der Waals surface area contributed by atoms with Crippen molar-refractivity contribution >= 4 is 15.7 Å². The second kappa shape index (κ2) is 8.20. The Hall–Kier alpha value is -2.81. The molecular weight excluding hydrogens is 446 g/mol. The van der Waals surface area contributed by atoms with Crippen LogP contribution in [-0.4, -0.2) is 44.1 Å². The van der Waals surface area contributed by atoms with Crippen molar-refractivity contribution < 1.29 is 22.3 Å². The van der Waals surface area contributed by atoms with Crippen molar-refractivity contribution in [2.75, 3.05) is 25.1 Å². The fourth-order valence-corrected chi connectivity index (χ4v) is 6.99. The highest BCUT2D eigenvalue weighted by atomic mass is 32.2.